The number of carbonyl (C=O) groups excluding carboxylic acids is 2. The third kappa shape index (κ3) is 4.26. The van der Waals surface area contributed by atoms with Gasteiger partial charge in [0.2, 0.25) is 5.91 Å². The van der Waals surface area contributed by atoms with Crippen LogP contribution in [-0.4, -0.2) is 56.0 Å². The van der Waals surface area contributed by atoms with Crippen LogP contribution in [0.3, 0.4) is 0 Å². The molecule has 0 spiro atoms. The molecule has 2 amide bonds. The Balaban J connectivity index is 2.07. The fourth-order valence-electron chi connectivity index (χ4n) is 2.62. The van der Waals surface area contributed by atoms with Crippen molar-refractivity contribution in [3.63, 3.8) is 0 Å². The van der Waals surface area contributed by atoms with E-state index in [9.17, 15) is 9.59 Å². The zero-order valence-corrected chi connectivity index (χ0v) is 15.2. The number of fused-ring (bicyclic) bond motifs is 1. The molecule has 132 valence electrons. The van der Waals surface area contributed by atoms with Crippen LogP contribution in [0.1, 0.15) is 25.8 Å². The Labute approximate surface area is 143 Å². The van der Waals surface area contributed by atoms with E-state index in [1.54, 1.807) is 18.7 Å². The number of anilines is 1. The second kappa shape index (κ2) is 7.21. The molecule has 6 heteroatoms. The molecule has 1 aliphatic rings. The smallest absolute Gasteiger partial charge is 0.270 e. The number of hydrogen-bond donors (Lipinski definition) is 1. The minimum atomic E-state index is -0.927. The molecule has 0 unspecified atom stereocenters. The largest absolute Gasteiger partial charge is 0.476 e. The first kappa shape index (κ1) is 18.3. The van der Waals surface area contributed by atoms with Crippen molar-refractivity contribution in [3.8, 4) is 5.75 Å². The lowest BCUT2D eigenvalue weighted by molar-refractivity contribution is -0.132. The maximum absolute atomic E-state index is 12.7. The van der Waals surface area contributed by atoms with E-state index < -0.39 is 5.60 Å². The third-order valence-corrected chi connectivity index (χ3v) is 3.97. The Morgan fingerprint density at radius 3 is 2.71 bits per heavy atom. The molecule has 1 aromatic carbocycles. The molecule has 0 aliphatic carbocycles. The van der Waals surface area contributed by atoms with Crippen LogP contribution >= 0.6 is 0 Å². The van der Waals surface area contributed by atoms with Gasteiger partial charge in [-0.1, -0.05) is 6.07 Å². The molecule has 2 rings (SSSR count). The van der Waals surface area contributed by atoms with Crippen molar-refractivity contribution in [3.05, 3.63) is 23.8 Å². The standard InChI is InChI=1S/C18H27N3O3/c1-13-6-7-15-14(12-13)21(17(23)18(2,3)24-15)10-8-16(22)19-9-11-20(4)5/h6-7,12H,8-11H2,1-5H3,(H,19,22). The van der Waals surface area contributed by atoms with Crippen molar-refractivity contribution in [2.75, 3.05) is 38.6 Å². The van der Waals surface area contributed by atoms with Crippen molar-refractivity contribution >= 4 is 17.5 Å². The maximum Gasteiger partial charge on any atom is 0.270 e. The van der Waals surface area contributed by atoms with Crippen LogP contribution in [-0.2, 0) is 9.59 Å². The summed E-state index contributed by atoms with van der Waals surface area (Å²) in [7, 11) is 3.92. The topological polar surface area (TPSA) is 61.9 Å². The molecule has 0 saturated carbocycles. The number of rotatable bonds is 6. The number of hydrogen-bond acceptors (Lipinski definition) is 4. The number of benzene rings is 1. The quantitative estimate of drug-likeness (QED) is 0.858. The molecule has 0 aromatic heterocycles. The van der Waals surface area contributed by atoms with Gasteiger partial charge in [-0.05, 0) is 52.6 Å². The van der Waals surface area contributed by atoms with Gasteiger partial charge >= 0.3 is 0 Å². The molecule has 1 aliphatic heterocycles. The monoisotopic (exact) mass is 333 g/mol. The predicted molar refractivity (Wildman–Crippen MR) is 94.4 cm³/mol. The highest BCUT2D eigenvalue weighted by molar-refractivity contribution is 6.02. The molecular weight excluding hydrogens is 306 g/mol. The Morgan fingerprint density at radius 2 is 2.04 bits per heavy atom. The molecule has 1 heterocycles. The lowest BCUT2D eigenvalue weighted by Crippen LogP contribution is -2.53. The summed E-state index contributed by atoms with van der Waals surface area (Å²) >= 11 is 0. The molecule has 1 aromatic rings. The Kier molecular flexibility index (Phi) is 5.49. The average Bonchev–Trinajstić information content (AvgIpc) is 2.48. The van der Waals surface area contributed by atoms with Crippen LogP contribution in [0.5, 0.6) is 5.75 Å². The zero-order chi connectivity index (χ0) is 17.9. The van der Waals surface area contributed by atoms with Gasteiger partial charge in [0.25, 0.3) is 5.91 Å². The minimum absolute atomic E-state index is 0.0526. The van der Waals surface area contributed by atoms with Gasteiger partial charge in [-0.3, -0.25) is 9.59 Å². The summed E-state index contributed by atoms with van der Waals surface area (Å²) in [6, 6.07) is 5.76. The van der Waals surface area contributed by atoms with Gasteiger partial charge in [-0.15, -0.1) is 0 Å². The number of nitrogens with zero attached hydrogens (tertiary/aromatic N) is 2. The summed E-state index contributed by atoms with van der Waals surface area (Å²) in [5, 5.41) is 2.87. The fourth-order valence-corrected chi connectivity index (χ4v) is 2.62. The Morgan fingerprint density at radius 1 is 1.33 bits per heavy atom. The van der Waals surface area contributed by atoms with E-state index in [2.05, 4.69) is 5.32 Å². The highest BCUT2D eigenvalue weighted by Crippen LogP contribution is 2.38. The van der Waals surface area contributed by atoms with Crippen LogP contribution in [0.4, 0.5) is 5.69 Å². The molecule has 0 radical (unpaired) electrons. The first-order chi connectivity index (χ1) is 11.2. The van der Waals surface area contributed by atoms with Gasteiger partial charge in [0.15, 0.2) is 5.60 Å². The summed E-state index contributed by atoms with van der Waals surface area (Å²) in [6.07, 6.45) is 0.266. The first-order valence-corrected chi connectivity index (χ1v) is 8.24. The highest BCUT2D eigenvalue weighted by atomic mass is 16.5. The molecule has 0 fully saturated rings. The zero-order valence-electron chi connectivity index (χ0n) is 15.2. The number of ether oxygens (including phenoxy) is 1. The predicted octanol–water partition coefficient (Wildman–Crippen LogP) is 1.57. The van der Waals surface area contributed by atoms with E-state index >= 15 is 0 Å². The van der Waals surface area contributed by atoms with E-state index in [0.717, 1.165) is 17.8 Å². The number of amides is 2. The number of likely N-dealkylation sites (N-methyl/N-ethyl adjacent to an activating group) is 1. The SMILES string of the molecule is Cc1ccc2c(c1)N(CCC(=O)NCCN(C)C)C(=O)C(C)(C)O2. The van der Waals surface area contributed by atoms with E-state index in [0.29, 0.717) is 18.8 Å². The van der Waals surface area contributed by atoms with Gasteiger partial charge in [0.1, 0.15) is 5.75 Å². The maximum atomic E-state index is 12.7. The average molecular weight is 333 g/mol. The van der Waals surface area contributed by atoms with Crippen LogP contribution in [0.25, 0.3) is 0 Å². The van der Waals surface area contributed by atoms with Crippen molar-refractivity contribution in [1.29, 1.82) is 0 Å². The van der Waals surface area contributed by atoms with E-state index in [-0.39, 0.29) is 18.2 Å². The van der Waals surface area contributed by atoms with Gasteiger partial charge in [0, 0.05) is 26.1 Å². The Bertz CT molecular complexity index is 626. The summed E-state index contributed by atoms with van der Waals surface area (Å²) in [4.78, 5) is 28.4. The normalized spacial score (nSPS) is 15.9. The van der Waals surface area contributed by atoms with E-state index in [1.807, 2.05) is 44.1 Å². The number of aryl methyl sites for hydroxylation is 1. The first-order valence-electron chi connectivity index (χ1n) is 8.24. The van der Waals surface area contributed by atoms with E-state index in [4.69, 9.17) is 4.74 Å². The third-order valence-electron chi connectivity index (χ3n) is 3.97. The van der Waals surface area contributed by atoms with Crippen molar-refractivity contribution in [2.45, 2.75) is 32.8 Å². The van der Waals surface area contributed by atoms with Crippen molar-refractivity contribution in [1.82, 2.24) is 10.2 Å². The molecule has 0 bridgehead atoms. The van der Waals surface area contributed by atoms with Crippen LogP contribution < -0.4 is 15.0 Å². The van der Waals surface area contributed by atoms with Crippen LogP contribution in [0.2, 0.25) is 0 Å². The van der Waals surface area contributed by atoms with Gasteiger partial charge in [-0.2, -0.15) is 0 Å². The van der Waals surface area contributed by atoms with Crippen molar-refractivity contribution < 1.29 is 14.3 Å². The second-order valence-corrected chi connectivity index (χ2v) is 6.94. The molecular formula is C18H27N3O3. The fraction of sp³-hybridized carbons (Fsp3) is 0.556. The molecule has 0 saturated heterocycles. The van der Waals surface area contributed by atoms with Gasteiger partial charge in [0.05, 0.1) is 5.69 Å². The summed E-state index contributed by atoms with van der Waals surface area (Å²) in [5.74, 6) is 0.503. The minimum Gasteiger partial charge on any atom is -0.476 e. The summed E-state index contributed by atoms with van der Waals surface area (Å²) < 4.78 is 5.82. The second-order valence-electron chi connectivity index (χ2n) is 6.94. The Hall–Kier alpha value is -2.08. The lowest BCUT2D eigenvalue weighted by atomic mass is 10.0. The number of nitrogens with one attached hydrogen (secondary N) is 1. The van der Waals surface area contributed by atoms with Gasteiger partial charge in [-0.25, -0.2) is 0 Å². The molecule has 24 heavy (non-hydrogen) atoms. The van der Waals surface area contributed by atoms with Gasteiger partial charge < -0.3 is 19.9 Å². The lowest BCUT2D eigenvalue weighted by Gasteiger charge is -2.38. The van der Waals surface area contributed by atoms with E-state index in [1.165, 1.54) is 0 Å². The summed E-state index contributed by atoms with van der Waals surface area (Å²) in [5.41, 5.74) is 0.856. The summed E-state index contributed by atoms with van der Waals surface area (Å²) in [6.45, 7) is 7.21. The molecule has 1 N–H and O–H groups in total. The van der Waals surface area contributed by atoms with Crippen LogP contribution in [0, 0.1) is 6.92 Å². The number of carbonyl (C=O) groups is 2. The molecule has 6 nitrogen and oxygen atoms in total. The molecule has 0 atom stereocenters. The highest BCUT2D eigenvalue weighted by Gasteiger charge is 2.40. The van der Waals surface area contributed by atoms with Crippen molar-refractivity contribution in [2.24, 2.45) is 0 Å². The van der Waals surface area contributed by atoms with Crippen LogP contribution in [0.15, 0.2) is 18.2 Å².